The van der Waals surface area contributed by atoms with Crippen LogP contribution < -0.4 is 0 Å². The van der Waals surface area contributed by atoms with Gasteiger partial charge in [-0.2, -0.15) is 18.3 Å². The Morgan fingerprint density at radius 2 is 2.00 bits per heavy atom. The Kier molecular flexibility index (Phi) is 3.35. The molecule has 2 aromatic rings. The predicted molar refractivity (Wildman–Crippen MR) is 70.8 cm³/mol. The maximum Gasteiger partial charge on any atom is 0.391 e. The van der Waals surface area contributed by atoms with E-state index in [4.69, 9.17) is 0 Å². The van der Waals surface area contributed by atoms with Gasteiger partial charge in [-0.05, 0) is 25.0 Å². The fourth-order valence-corrected chi connectivity index (χ4v) is 2.66. The standard InChI is InChI=1S/C14H14F3N3O/c15-14(16,17)11-3-5-20(6-4-11)13(21)9-1-2-10-8-18-19-12(10)7-9/h1-2,7-8,11H,3-6H2,(H,18,19). The number of amides is 1. The van der Waals surface area contributed by atoms with Crippen molar-refractivity contribution in [1.29, 1.82) is 0 Å². The summed E-state index contributed by atoms with van der Waals surface area (Å²) < 4.78 is 37.9. The van der Waals surface area contributed by atoms with E-state index in [1.807, 2.05) is 0 Å². The van der Waals surface area contributed by atoms with Crippen LogP contribution in [0.5, 0.6) is 0 Å². The molecule has 0 saturated carbocycles. The molecule has 4 nitrogen and oxygen atoms in total. The highest BCUT2D eigenvalue weighted by atomic mass is 19.4. The Morgan fingerprint density at radius 1 is 1.29 bits per heavy atom. The summed E-state index contributed by atoms with van der Waals surface area (Å²) in [6, 6.07) is 5.13. The van der Waals surface area contributed by atoms with Gasteiger partial charge in [-0.1, -0.05) is 6.07 Å². The van der Waals surface area contributed by atoms with Crippen molar-refractivity contribution in [2.24, 2.45) is 5.92 Å². The lowest BCUT2D eigenvalue weighted by molar-refractivity contribution is -0.183. The summed E-state index contributed by atoms with van der Waals surface area (Å²) in [4.78, 5) is 13.8. The fourth-order valence-electron chi connectivity index (χ4n) is 2.66. The average molecular weight is 297 g/mol. The highest BCUT2D eigenvalue weighted by molar-refractivity contribution is 5.97. The zero-order valence-electron chi connectivity index (χ0n) is 11.2. The number of carbonyl (C=O) groups excluding carboxylic acids is 1. The van der Waals surface area contributed by atoms with Crippen LogP contribution >= 0.6 is 0 Å². The van der Waals surface area contributed by atoms with Crippen LogP contribution in [0, 0.1) is 5.92 Å². The molecule has 2 heterocycles. The van der Waals surface area contributed by atoms with Crippen LogP contribution in [0.1, 0.15) is 23.2 Å². The topological polar surface area (TPSA) is 49.0 Å². The average Bonchev–Trinajstić information content (AvgIpc) is 2.93. The van der Waals surface area contributed by atoms with Gasteiger partial charge in [0.25, 0.3) is 5.91 Å². The Balaban J connectivity index is 1.71. The van der Waals surface area contributed by atoms with Crippen molar-refractivity contribution in [3.63, 3.8) is 0 Å². The maximum absolute atomic E-state index is 12.6. The zero-order chi connectivity index (χ0) is 15.0. The highest BCUT2D eigenvalue weighted by Gasteiger charge is 2.41. The summed E-state index contributed by atoms with van der Waals surface area (Å²) >= 11 is 0. The largest absolute Gasteiger partial charge is 0.391 e. The van der Waals surface area contributed by atoms with Gasteiger partial charge in [0.2, 0.25) is 0 Å². The van der Waals surface area contributed by atoms with Crippen molar-refractivity contribution >= 4 is 16.8 Å². The summed E-state index contributed by atoms with van der Waals surface area (Å²) in [6.45, 7) is 0.286. The second-order valence-electron chi connectivity index (χ2n) is 5.28. The number of aromatic nitrogens is 2. The third-order valence-electron chi connectivity index (χ3n) is 3.93. The zero-order valence-corrected chi connectivity index (χ0v) is 11.2. The van der Waals surface area contributed by atoms with Gasteiger partial charge in [-0.3, -0.25) is 9.89 Å². The molecule has 1 N–H and O–H groups in total. The SMILES string of the molecule is O=C(c1ccc2cn[nH]c2c1)N1CCC(C(F)(F)F)CC1. The number of rotatable bonds is 1. The minimum atomic E-state index is -4.16. The summed E-state index contributed by atoms with van der Waals surface area (Å²) in [5.74, 6) is -1.52. The quantitative estimate of drug-likeness (QED) is 0.879. The number of hydrogen-bond acceptors (Lipinski definition) is 2. The Bertz CT molecular complexity index is 657. The normalized spacial score (nSPS) is 17.4. The van der Waals surface area contributed by atoms with Crippen LogP contribution in [0.3, 0.4) is 0 Å². The number of hydrogen-bond donors (Lipinski definition) is 1. The van der Waals surface area contributed by atoms with Crippen LogP contribution in [-0.4, -0.2) is 40.3 Å². The minimum Gasteiger partial charge on any atom is -0.339 e. The van der Waals surface area contributed by atoms with Crippen LogP contribution in [0.2, 0.25) is 0 Å². The van der Waals surface area contributed by atoms with E-state index in [9.17, 15) is 18.0 Å². The number of fused-ring (bicyclic) bond motifs is 1. The summed E-state index contributed by atoms with van der Waals surface area (Å²) in [6.07, 6.45) is -2.56. The highest BCUT2D eigenvalue weighted by Crippen LogP contribution is 2.34. The molecule has 1 aliphatic rings. The van der Waals surface area contributed by atoms with Gasteiger partial charge in [0.1, 0.15) is 0 Å². The van der Waals surface area contributed by atoms with Crippen LogP contribution in [0.25, 0.3) is 10.9 Å². The van der Waals surface area contributed by atoms with Crippen molar-refractivity contribution in [1.82, 2.24) is 15.1 Å². The van der Waals surface area contributed by atoms with Crippen LogP contribution in [0.15, 0.2) is 24.4 Å². The van der Waals surface area contributed by atoms with Crippen molar-refractivity contribution in [3.8, 4) is 0 Å². The number of likely N-dealkylation sites (tertiary alicyclic amines) is 1. The van der Waals surface area contributed by atoms with Gasteiger partial charge in [0.15, 0.2) is 0 Å². The minimum absolute atomic E-state index is 0.0262. The molecule has 7 heteroatoms. The van der Waals surface area contributed by atoms with E-state index in [1.54, 1.807) is 24.4 Å². The molecule has 0 unspecified atom stereocenters. The lowest BCUT2D eigenvalue weighted by atomic mass is 9.96. The van der Waals surface area contributed by atoms with Crippen molar-refractivity contribution in [3.05, 3.63) is 30.0 Å². The van der Waals surface area contributed by atoms with Crippen LogP contribution in [0.4, 0.5) is 13.2 Å². The second-order valence-corrected chi connectivity index (χ2v) is 5.28. The molecular weight excluding hydrogens is 283 g/mol. The fraction of sp³-hybridized carbons (Fsp3) is 0.429. The molecule has 0 spiro atoms. The Labute approximate surface area is 118 Å². The Hall–Kier alpha value is -2.05. The first kappa shape index (κ1) is 13.9. The van der Waals surface area contributed by atoms with E-state index < -0.39 is 12.1 Å². The number of halogens is 3. The van der Waals surface area contributed by atoms with Gasteiger partial charge in [0.05, 0.1) is 17.6 Å². The second kappa shape index (κ2) is 5.05. The van der Waals surface area contributed by atoms with Gasteiger partial charge < -0.3 is 4.90 Å². The molecular formula is C14H14F3N3O. The number of piperidine rings is 1. The smallest absolute Gasteiger partial charge is 0.339 e. The lowest BCUT2D eigenvalue weighted by Gasteiger charge is -2.33. The van der Waals surface area contributed by atoms with Crippen molar-refractivity contribution < 1.29 is 18.0 Å². The lowest BCUT2D eigenvalue weighted by Crippen LogP contribution is -2.42. The van der Waals surface area contributed by atoms with E-state index in [2.05, 4.69) is 10.2 Å². The molecule has 0 bridgehead atoms. The van der Waals surface area contributed by atoms with Crippen LogP contribution in [-0.2, 0) is 0 Å². The van der Waals surface area contributed by atoms with E-state index in [0.717, 1.165) is 10.9 Å². The summed E-state index contributed by atoms with van der Waals surface area (Å²) in [7, 11) is 0. The van der Waals surface area contributed by atoms with Gasteiger partial charge in [-0.25, -0.2) is 0 Å². The molecule has 0 radical (unpaired) electrons. The predicted octanol–water partition coefficient (Wildman–Crippen LogP) is 2.98. The number of benzene rings is 1. The molecule has 1 aromatic heterocycles. The van der Waals surface area contributed by atoms with Gasteiger partial charge >= 0.3 is 6.18 Å². The molecule has 1 fully saturated rings. The molecule has 112 valence electrons. The number of carbonyl (C=O) groups is 1. The maximum atomic E-state index is 12.6. The van der Waals surface area contributed by atoms with E-state index in [1.165, 1.54) is 4.90 Å². The Morgan fingerprint density at radius 3 is 2.67 bits per heavy atom. The van der Waals surface area contributed by atoms with Gasteiger partial charge in [-0.15, -0.1) is 0 Å². The summed E-state index contributed by atoms with van der Waals surface area (Å²) in [5.41, 5.74) is 1.21. The number of aromatic amines is 1. The first-order valence-corrected chi connectivity index (χ1v) is 6.74. The monoisotopic (exact) mass is 297 g/mol. The molecule has 1 aliphatic heterocycles. The molecule has 1 amide bonds. The molecule has 3 rings (SSSR count). The molecule has 0 aliphatic carbocycles. The van der Waals surface area contributed by atoms with Crippen molar-refractivity contribution in [2.45, 2.75) is 19.0 Å². The number of alkyl halides is 3. The molecule has 21 heavy (non-hydrogen) atoms. The first-order valence-electron chi connectivity index (χ1n) is 6.74. The molecule has 0 atom stereocenters. The first-order chi connectivity index (χ1) is 9.95. The van der Waals surface area contributed by atoms with Gasteiger partial charge in [0, 0.05) is 24.0 Å². The van der Waals surface area contributed by atoms with Crippen molar-refractivity contribution in [2.75, 3.05) is 13.1 Å². The van der Waals surface area contributed by atoms with E-state index >= 15 is 0 Å². The molecule has 1 saturated heterocycles. The van der Waals surface area contributed by atoms with E-state index in [0.29, 0.717) is 5.56 Å². The number of nitrogens with one attached hydrogen (secondary N) is 1. The van der Waals surface area contributed by atoms with E-state index in [-0.39, 0.29) is 31.8 Å². The molecule has 1 aromatic carbocycles. The number of nitrogens with zero attached hydrogens (tertiary/aromatic N) is 2. The third-order valence-corrected chi connectivity index (χ3v) is 3.93. The summed E-state index contributed by atoms with van der Waals surface area (Å²) in [5, 5.41) is 7.54. The third kappa shape index (κ3) is 2.72. The number of H-pyrrole nitrogens is 1.